The fourth-order valence-corrected chi connectivity index (χ4v) is 7.39. The second-order valence-electron chi connectivity index (χ2n) is 10.7. The van der Waals surface area contributed by atoms with E-state index in [1.54, 1.807) is 30.3 Å². The van der Waals surface area contributed by atoms with Crippen LogP contribution >= 0.6 is 34.8 Å². The number of anilines is 1. The predicted molar refractivity (Wildman–Crippen MR) is 175 cm³/mol. The number of hydrogen-bond donors (Lipinski definition) is 1. The zero-order valence-corrected chi connectivity index (χ0v) is 27.7. The molecule has 0 aromatic heterocycles. The Morgan fingerprint density at radius 2 is 1.55 bits per heavy atom. The van der Waals surface area contributed by atoms with E-state index in [1.807, 2.05) is 6.92 Å². The fourth-order valence-electron chi connectivity index (χ4n) is 5.33. The van der Waals surface area contributed by atoms with Crippen molar-refractivity contribution in [2.75, 3.05) is 18.0 Å². The lowest BCUT2D eigenvalue weighted by Gasteiger charge is -2.34. The molecule has 4 rings (SSSR count). The van der Waals surface area contributed by atoms with Crippen molar-refractivity contribution in [2.24, 2.45) is 0 Å². The maximum atomic E-state index is 14.3. The third-order valence-corrected chi connectivity index (χ3v) is 10.5. The monoisotopic (exact) mass is 679 g/mol. The van der Waals surface area contributed by atoms with E-state index in [0.29, 0.717) is 32.8 Å². The summed E-state index contributed by atoms with van der Waals surface area (Å²) in [5.74, 6) is -0.415. The fraction of sp³-hybridized carbons (Fsp3) is 0.375. The number of amides is 2. The number of methoxy groups -OCH3 is 1. The van der Waals surface area contributed by atoms with Crippen LogP contribution in [0, 0.1) is 0 Å². The van der Waals surface area contributed by atoms with E-state index in [2.05, 4.69) is 5.32 Å². The van der Waals surface area contributed by atoms with Crippen LogP contribution in [0.4, 0.5) is 5.69 Å². The number of rotatable bonds is 12. The zero-order valence-electron chi connectivity index (χ0n) is 24.6. The Morgan fingerprint density at radius 1 is 0.932 bits per heavy atom. The van der Waals surface area contributed by atoms with Gasteiger partial charge in [-0.15, -0.1) is 0 Å². The van der Waals surface area contributed by atoms with Gasteiger partial charge in [0.2, 0.25) is 11.8 Å². The van der Waals surface area contributed by atoms with Crippen molar-refractivity contribution in [2.45, 2.75) is 69.0 Å². The van der Waals surface area contributed by atoms with Gasteiger partial charge in [-0.05, 0) is 79.9 Å². The number of carbonyl (C=O) groups excluding carboxylic acids is 2. The number of ether oxygens (including phenoxy) is 1. The van der Waals surface area contributed by atoms with E-state index in [1.165, 1.54) is 48.4 Å². The van der Waals surface area contributed by atoms with Gasteiger partial charge in [0.25, 0.3) is 10.0 Å². The van der Waals surface area contributed by atoms with Crippen molar-refractivity contribution in [1.82, 2.24) is 10.2 Å². The minimum absolute atomic E-state index is 0.0205. The Kier molecular flexibility index (Phi) is 11.8. The molecule has 0 heterocycles. The Hall–Kier alpha value is -2.98. The van der Waals surface area contributed by atoms with Crippen molar-refractivity contribution in [3.63, 3.8) is 0 Å². The highest BCUT2D eigenvalue weighted by Crippen LogP contribution is 2.30. The molecule has 1 aliphatic rings. The standard InChI is InChI=1S/C32H36Cl3N3O5S/c1-3-30(32(40)36-23-8-5-4-6-9-23)37(20-27-28(34)10-7-11-29(27)35)31(39)21-38(24-14-12-22(33)13-15-24)44(41,42)26-18-16-25(43-2)17-19-26/h7,10-19,23,30H,3-6,8-9,20-21H2,1-2H3,(H,36,40)/t30-/m0/s1. The van der Waals surface area contributed by atoms with Crippen LogP contribution in [0.5, 0.6) is 5.75 Å². The Balaban J connectivity index is 1.73. The molecule has 1 saturated carbocycles. The van der Waals surface area contributed by atoms with E-state index < -0.39 is 28.5 Å². The van der Waals surface area contributed by atoms with Crippen molar-refractivity contribution in [3.05, 3.63) is 87.4 Å². The normalized spacial score (nSPS) is 14.5. The summed E-state index contributed by atoms with van der Waals surface area (Å²) in [6.45, 7) is 1.13. The minimum atomic E-state index is -4.25. The van der Waals surface area contributed by atoms with Crippen molar-refractivity contribution in [3.8, 4) is 5.75 Å². The van der Waals surface area contributed by atoms with Gasteiger partial charge in [-0.3, -0.25) is 13.9 Å². The van der Waals surface area contributed by atoms with E-state index in [9.17, 15) is 18.0 Å². The van der Waals surface area contributed by atoms with Gasteiger partial charge in [0.05, 0.1) is 17.7 Å². The van der Waals surface area contributed by atoms with Crippen molar-refractivity contribution >= 4 is 62.3 Å². The lowest BCUT2D eigenvalue weighted by Crippen LogP contribution is -2.54. The summed E-state index contributed by atoms with van der Waals surface area (Å²) in [5, 5.41) is 4.19. The van der Waals surface area contributed by atoms with Gasteiger partial charge < -0.3 is 15.0 Å². The molecule has 1 aliphatic carbocycles. The maximum Gasteiger partial charge on any atom is 0.264 e. The summed E-state index contributed by atoms with van der Waals surface area (Å²) in [6.07, 6.45) is 5.21. The number of sulfonamides is 1. The molecule has 8 nitrogen and oxygen atoms in total. The van der Waals surface area contributed by atoms with Crippen LogP contribution in [0.15, 0.2) is 71.6 Å². The van der Waals surface area contributed by atoms with Crippen LogP contribution in [0.1, 0.15) is 51.0 Å². The molecule has 1 fully saturated rings. The van der Waals surface area contributed by atoms with E-state index in [-0.39, 0.29) is 29.1 Å². The second-order valence-corrected chi connectivity index (χ2v) is 13.8. The number of nitrogens with one attached hydrogen (secondary N) is 1. The third kappa shape index (κ3) is 8.18. The van der Waals surface area contributed by atoms with Gasteiger partial charge in [-0.1, -0.05) is 67.1 Å². The highest BCUT2D eigenvalue weighted by Gasteiger charge is 2.35. The summed E-state index contributed by atoms with van der Waals surface area (Å²) in [4.78, 5) is 29.3. The van der Waals surface area contributed by atoms with Crippen LogP contribution in [-0.4, -0.2) is 50.9 Å². The first-order valence-electron chi connectivity index (χ1n) is 14.5. The first-order valence-corrected chi connectivity index (χ1v) is 17.1. The number of benzene rings is 3. The molecular weight excluding hydrogens is 645 g/mol. The molecule has 3 aromatic carbocycles. The molecule has 12 heteroatoms. The molecule has 1 N–H and O–H groups in total. The molecule has 0 spiro atoms. The Morgan fingerprint density at radius 3 is 2.11 bits per heavy atom. The van der Waals surface area contributed by atoms with Crippen LogP contribution in [-0.2, 0) is 26.2 Å². The predicted octanol–water partition coefficient (Wildman–Crippen LogP) is 7.11. The summed E-state index contributed by atoms with van der Waals surface area (Å²) in [6, 6.07) is 16.2. The number of halogens is 3. The molecule has 0 radical (unpaired) electrons. The van der Waals surface area contributed by atoms with Gasteiger partial charge in [0, 0.05) is 33.2 Å². The van der Waals surface area contributed by atoms with Crippen molar-refractivity contribution < 1.29 is 22.7 Å². The molecule has 44 heavy (non-hydrogen) atoms. The van der Waals surface area contributed by atoms with Crippen LogP contribution in [0.25, 0.3) is 0 Å². The molecule has 0 bridgehead atoms. The average molecular weight is 681 g/mol. The highest BCUT2D eigenvalue weighted by atomic mass is 35.5. The smallest absolute Gasteiger partial charge is 0.264 e. The molecule has 236 valence electrons. The molecule has 0 unspecified atom stereocenters. The lowest BCUT2D eigenvalue weighted by molar-refractivity contribution is -0.140. The number of hydrogen-bond acceptors (Lipinski definition) is 5. The van der Waals surface area contributed by atoms with Gasteiger partial charge in [0.15, 0.2) is 0 Å². The highest BCUT2D eigenvalue weighted by molar-refractivity contribution is 7.92. The summed E-state index contributed by atoms with van der Waals surface area (Å²) in [7, 11) is -2.77. The molecule has 0 aliphatic heterocycles. The topological polar surface area (TPSA) is 96.0 Å². The number of nitrogens with zero attached hydrogens (tertiary/aromatic N) is 2. The zero-order chi connectivity index (χ0) is 31.9. The average Bonchev–Trinajstić information content (AvgIpc) is 3.02. The molecule has 1 atom stereocenters. The molecule has 2 amide bonds. The Labute approximate surface area is 274 Å². The second kappa shape index (κ2) is 15.3. The van der Waals surface area contributed by atoms with Gasteiger partial charge in [0.1, 0.15) is 18.3 Å². The van der Waals surface area contributed by atoms with Crippen LogP contribution in [0.3, 0.4) is 0 Å². The van der Waals surface area contributed by atoms with Gasteiger partial charge in [-0.25, -0.2) is 8.42 Å². The van der Waals surface area contributed by atoms with Crippen LogP contribution in [0.2, 0.25) is 15.1 Å². The molecule has 0 saturated heterocycles. The quantitative estimate of drug-likeness (QED) is 0.220. The van der Waals surface area contributed by atoms with E-state index in [0.717, 1.165) is 36.4 Å². The van der Waals surface area contributed by atoms with Crippen molar-refractivity contribution in [1.29, 1.82) is 0 Å². The largest absolute Gasteiger partial charge is 0.497 e. The lowest BCUT2D eigenvalue weighted by atomic mass is 9.95. The third-order valence-electron chi connectivity index (χ3n) is 7.77. The first kappa shape index (κ1) is 33.9. The minimum Gasteiger partial charge on any atom is -0.497 e. The van der Waals surface area contributed by atoms with Crippen LogP contribution < -0.4 is 14.4 Å². The first-order chi connectivity index (χ1) is 21.0. The maximum absolute atomic E-state index is 14.3. The molecular formula is C32H36Cl3N3O5S. The summed E-state index contributed by atoms with van der Waals surface area (Å²) >= 11 is 19.1. The Bertz CT molecular complexity index is 1530. The van der Waals surface area contributed by atoms with Gasteiger partial charge >= 0.3 is 0 Å². The van der Waals surface area contributed by atoms with E-state index >= 15 is 0 Å². The summed E-state index contributed by atoms with van der Waals surface area (Å²) in [5.41, 5.74) is 0.693. The van der Waals surface area contributed by atoms with Gasteiger partial charge in [-0.2, -0.15) is 0 Å². The molecule has 3 aromatic rings. The SMILES string of the molecule is CC[C@@H](C(=O)NC1CCCCC1)N(Cc1c(Cl)cccc1Cl)C(=O)CN(c1ccc(Cl)cc1)S(=O)(=O)c1ccc(OC)cc1. The summed E-state index contributed by atoms with van der Waals surface area (Å²) < 4.78 is 34.3. The van der Waals surface area contributed by atoms with E-state index in [4.69, 9.17) is 39.5 Å². The number of carbonyl (C=O) groups is 2.